The largest absolute Gasteiger partial charge is 0.120 e. The molecule has 0 saturated carbocycles. The van der Waals surface area contributed by atoms with Gasteiger partial charge in [-0.15, -0.1) is 12.3 Å². The van der Waals surface area contributed by atoms with Crippen LogP contribution in [-0.4, -0.2) is 0 Å². The van der Waals surface area contributed by atoms with Crippen molar-refractivity contribution in [3.8, 4) is 12.3 Å². The van der Waals surface area contributed by atoms with Gasteiger partial charge in [0.2, 0.25) is 0 Å². The third-order valence-corrected chi connectivity index (χ3v) is 2.08. The monoisotopic (exact) mass is 178 g/mol. The summed E-state index contributed by atoms with van der Waals surface area (Å²) in [6.07, 6.45) is 19.6. The minimum atomic E-state index is 0.934. The quantitative estimate of drug-likeness (QED) is 0.295. The highest BCUT2D eigenvalue weighted by molar-refractivity contribution is 4.85. The van der Waals surface area contributed by atoms with E-state index >= 15 is 0 Å². The van der Waals surface area contributed by atoms with Gasteiger partial charge in [-0.3, -0.25) is 0 Å². The lowest BCUT2D eigenvalue weighted by Crippen LogP contribution is -1.73. The molecule has 0 fully saturated rings. The average Bonchev–Trinajstić information content (AvgIpc) is 2.16. The third kappa shape index (κ3) is 11.3. The van der Waals surface area contributed by atoms with Crippen molar-refractivity contribution in [2.75, 3.05) is 0 Å². The Kier molecular flexibility index (Phi) is 10.7. The van der Waals surface area contributed by atoms with Crippen LogP contribution in [0.3, 0.4) is 0 Å². The third-order valence-electron chi connectivity index (χ3n) is 2.08. The molecule has 0 atom stereocenters. The number of rotatable bonds is 8. The Morgan fingerprint density at radius 3 is 2.15 bits per heavy atom. The zero-order valence-electron chi connectivity index (χ0n) is 8.89. The fourth-order valence-corrected chi connectivity index (χ4v) is 1.24. The topological polar surface area (TPSA) is 0 Å². The van der Waals surface area contributed by atoms with E-state index in [1.54, 1.807) is 0 Å². The van der Waals surface area contributed by atoms with Crippen molar-refractivity contribution >= 4 is 0 Å². The maximum atomic E-state index is 5.16. The number of hydrogen-bond acceptors (Lipinski definition) is 0. The number of allylic oxidation sites excluding steroid dienone is 2. The van der Waals surface area contributed by atoms with E-state index in [2.05, 4.69) is 25.0 Å². The molecular formula is C13H22. The molecule has 0 bridgehead atoms. The Hall–Kier alpha value is -0.700. The van der Waals surface area contributed by atoms with Gasteiger partial charge in [-0.25, -0.2) is 0 Å². The summed E-state index contributed by atoms with van der Waals surface area (Å²) in [7, 11) is 0. The van der Waals surface area contributed by atoms with Gasteiger partial charge in [0.05, 0.1) is 0 Å². The fraction of sp³-hybridized carbons (Fsp3) is 0.692. The molecule has 0 amide bonds. The van der Waals surface area contributed by atoms with Crippen LogP contribution in [0.5, 0.6) is 0 Å². The second-order valence-corrected chi connectivity index (χ2v) is 3.42. The van der Waals surface area contributed by atoms with Gasteiger partial charge in [0.15, 0.2) is 0 Å². The van der Waals surface area contributed by atoms with Crippen LogP contribution in [0.15, 0.2) is 12.2 Å². The first-order chi connectivity index (χ1) is 6.41. The summed E-state index contributed by atoms with van der Waals surface area (Å²) < 4.78 is 0. The standard InChI is InChI=1S/C13H22/c1-3-5-7-9-11-13-12-10-8-6-4-2/h1,12-13H,4-11H2,2H3. The van der Waals surface area contributed by atoms with Gasteiger partial charge in [-0.05, 0) is 32.1 Å². The highest BCUT2D eigenvalue weighted by Gasteiger charge is 1.84. The van der Waals surface area contributed by atoms with E-state index in [9.17, 15) is 0 Å². The lowest BCUT2D eigenvalue weighted by atomic mass is 10.1. The maximum Gasteiger partial charge on any atom is 0.00861 e. The predicted octanol–water partition coefficient (Wildman–Crippen LogP) is 4.32. The fourth-order valence-electron chi connectivity index (χ4n) is 1.24. The number of hydrogen-bond donors (Lipinski definition) is 0. The first-order valence-corrected chi connectivity index (χ1v) is 5.50. The minimum absolute atomic E-state index is 0.934. The molecule has 0 spiro atoms. The van der Waals surface area contributed by atoms with Crippen LogP contribution in [0.25, 0.3) is 0 Å². The molecule has 0 rings (SSSR count). The Morgan fingerprint density at radius 2 is 1.62 bits per heavy atom. The van der Waals surface area contributed by atoms with E-state index in [0.717, 1.165) is 6.42 Å². The number of unbranched alkanes of at least 4 members (excludes halogenated alkanes) is 6. The second kappa shape index (κ2) is 11.3. The van der Waals surface area contributed by atoms with Crippen molar-refractivity contribution in [2.45, 2.75) is 58.3 Å². The van der Waals surface area contributed by atoms with Crippen LogP contribution in [0.1, 0.15) is 58.3 Å². The molecule has 0 radical (unpaired) electrons. The minimum Gasteiger partial charge on any atom is -0.120 e. The number of terminal acetylenes is 1. The van der Waals surface area contributed by atoms with Gasteiger partial charge < -0.3 is 0 Å². The summed E-state index contributed by atoms with van der Waals surface area (Å²) >= 11 is 0. The second-order valence-electron chi connectivity index (χ2n) is 3.42. The molecular weight excluding hydrogens is 156 g/mol. The molecule has 0 aromatic rings. The van der Waals surface area contributed by atoms with Crippen molar-refractivity contribution in [1.29, 1.82) is 0 Å². The van der Waals surface area contributed by atoms with Crippen LogP contribution < -0.4 is 0 Å². The van der Waals surface area contributed by atoms with E-state index < -0.39 is 0 Å². The molecule has 0 aromatic heterocycles. The Labute approximate surface area is 83.4 Å². The van der Waals surface area contributed by atoms with Crippen molar-refractivity contribution in [3.05, 3.63) is 12.2 Å². The van der Waals surface area contributed by atoms with Crippen LogP contribution >= 0.6 is 0 Å². The zero-order valence-corrected chi connectivity index (χ0v) is 8.89. The van der Waals surface area contributed by atoms with E-state index in [1.807, 2.05) is 0 Å². The summed E-state index contributed by atoms with van der Waals surface area (Å²) in [4.78, 5) is 0. The van der Waals surface area contributed by atoms with Gasteiger partial charge in [-0.1, -0.05) is 31.9 Å². The molecule has 0 aliphatic rings. The van der Waals surface area contributed by atoms with Gasteiger partial charge in [0.1, 0.15) is 0 Å². The molecule has 74 valence electrons. The molecule has 0 aromatic carbocycles. The van der Waals surface area contributed by atoms with Crippen LogP contribution in [0, 0.1) is 12.3 Å². The average molecular weight is 178 g/mol. The van der Waals surface area contributed by atoms with Crippen molar-refractivity contribution in [2.24, 2.45) is 0 Å². The van der Waals surface area contributed by atoms with Crippen molar-refractivity contribution < 1.29 is 0 Å². The van der Waals surface area contributed by atoms with E-state index in [1.165, 1.54) is 44.9 Å². The van der Waals surface area contributed by atoms with Crippen LogP contribution in [0.4, 0.5) is 0 Å². The van der Waals surface area contributed by atoms with E-state index in [4.69, 9.17) is 6.42 Å². The molecule has 0 N–H and O–H groups in total. The SMILES string of the molecule is C#CCCCCC=CCCCCC. The molecule has 0 aliphatic carbocycles. The van der Waals surface area contributed by atoms with Gasteiger partial charge >= 0.3 is 0 Å². The summed E-state index contributed by atoms with van der Waals surface area (Å²) in [5, 5.41) is 0. The Bertz CT molecular complexity index is 148. The Balaban J connectivity index is 3.00. The van der Waals surface area contributed by atoms with Gasteiger partial charge in [-0.2, -0.15) is 0 Å². The van der Waals surface area contributed by atoms with Crippen molar-refractivity contribution in [3.63, 3.8) is 0 Å². The molecule has 13 heavy (non-hydrogen) atoms. The molecule has 0 heterocycles. The highest BCUT2D eigenvalue weighted by Crippen LogP contribution is 2.03. The summed E-state index contributed by atoms with van der Waals surface area (Å²) in [5.41, 5.74) is 0. The normalized spacial score (nSPS) is 10.5. The molecule has 0 heteroatoms. The summed E-state index contributed by atoms with van der Waals surface area (Å²) in [5.74, 6) is 2.66. The summed E-state index contributed by atoms with van der Waals surface area (Å²) in [6, 6.07) is 0. The first-order valence-electron chi connectivity index (χ1n) is 5.50. The first kappa shape index (κ1) is 12.3. The van der Waals surface area contributed by atoms with E-state index in [-0.39, 0.29) is 0 Å². The lowest BCUT2D eigenvalue weighted by Gasteiger charge is -1.93. The van der Waals surface area contributed by atoms with Gasteiger partial charge in [0.25, 0.3) is 0 Å². The summed E-state index contributed by atoms with van der Waals surface area (Å²) in [6.45, 7) is 2.24. The Morgan fingerprint density at radius 1 is 1.00 bits per heavy atom. The maximum absolute atomic E-state index is 5.16. The molecule has 0 aliphatic heterocycles. The van der Waals surface area contributed by atoms with Crippen molar-refractivity contribution in [1.82, 2.24) is 0 Å². The van der Waals surface area contributed by atoms with E-state index in [0.29, 0.717) is 0 Å². The van der Waals surface area contributed by atoms with Crippen LogP contribution in [0.2, 0.25) is 0 Å². The van der Waals surface area contributed by atoms with Gasteiger partial charge in [0, 0.05) is 6.42 Å². The molecule has 0 saturated heterocycles. The predicted molar refractivity (Wildman–Crippen MR) is 60.6 cm³/mol. The smallest absolute Gasteiger partial charge is 0.00861 e. The van der Waals surface area contributed by atoms with Crippen LogP contribution in [-0.2, 0) is 0 Å². The highest BCUT2D eigenvalue weighted by atomic mass is 13.9. The zero-order chi connectivity index (χ0) is 9.78. The lowest BCUT2D eigenvalue weighted by molar-refractivity contribution is 0.724. The molecule has 0 nitrogen and oxygen atoms in total. The molecule has 0 unspecified atom stereocenters.